The third-order valence-electron chi connectivity index (χ3n) is 4.26. The molecule has 3 saturated carbocycles. The summed E-state index contributed by atoms with van der Waals surface area (Å²) in [5, 5.41) is 0. The van der Waals surface area contributed by atoms with Crippen LogP contribution in [0.2, 0.25) is 0 Å². The van der Waals surface area contributed by atoms with Crippen LogP contribution in [0, 0.1) is 23.2 Å². The molecule has 0 N–H and O–H groups in total. The van der Waals surface area contributed by atoms with Crippen molar-refractivity contribution in [2.75, 3.05) is 0 Å². The topological polar surface area (TPSA) is 0 Å². The lowest BCUT2D eigenvalue weighted by Crippen LogP contribution is -2.55. The smallest absolute Gasteiger partial charge is 0.0141 e. The van der Waals surface area contributed by atoms with Crippen molar-refractivity contribution >= 4 is 22.6 Å². The number of rotatable bonds is 0. The van der Waals surface area contributed by atoms with Gasteiger partial charge in [0, 0.05) is 3.92 Å². The molecule has 0 aliphatic heterocycles. The van der Waals surface area contributed by atoms with E-state index in [-0.39, 0.29) is 0 Å². The average Bonchev–Trinajstić information content (AvgIpc) is 1.93. The third-order valence-corrected chi connectivity index (χ3v) is 5.90. The van der Waals surface area contributed by atoms with Gasteiger partial charge in [-0.15, -0.1) is 0 Å². The highest BCUT2D eigenvalue weighted by Crippen LogP contribution is 2.62. The molecule has 3 aliphatic carbocycles. The summed E-state index contributed by atoms with van der Waals surface area (Å²) >= 11 is 2.65. The van der Waals surface area contributed by atoms with Gasteiger partial charge in [-0.25, -0.2) is 0 Å². The molecular weight excluding hydrogens is 247 g/mol. The zero-order chi connectivity index (χ0) is 8.22. The van der Waals surface area contributed by atoms with Crippen LogP contribution in [0.4, 0.5) is 0 Å². The molecule has 0 spiro atoms. The fraction of sp³-hybridized carbons (Fsp3) is 1.00. The summed E-state index contributed by atoms with van der Waals surface area (Å²) in [6.07, 6.45) is 3.00. The predicted molar refractivity (Wildman–Crippen MR) is 57.0 cm³/mol. The van der Waals surface area contributed by atoms with Crippen molar-refractivity contribution in [1.82, 2.24) is 0 Å². The lowest BCUT2D eigenvalue weighted by molar-refractivity contribution is -0.0924. The van der Waals surface area contributed by atoms with E-state index in [1.165, 1.54) is 12.8 Å². The van der Waals surface area contributed by atoms with E-state index in [0.29, 0.717) is 5.41 Å². The van der Waals surface area contributed by atoms with E-state index in [1.54, 1.807) is 0 Å². The van der Waals surface area contributed by atoms with Gasteiger partial charge in [0.05, 0.1) is 0 Å². The zero-order valence-electron chi connectivity index (χ0n) is 7.60. The van der Waals surface area contributed by atoms with Crippen LogP contribution in [0.1, 0.15) is 33.6 Å². The van der Waals surface area contributed by atoms with E-state index in [0.717, 1.165) is 21.7 Å². The van der Waals surface area contributed by atoms with Crippen molar-refractivity contribution in [3.05, 3.63) is 0 Å². The van der Waals surface area contributed by atoms with Gasteiger partial charge in [-0.1, -0.05) is 43.4 Å². The van der Waals surface area contributed by atoms with Gasteiger partial charge in [0.15, 0.2) is 0 Å². The van der Waals surface area contributed by atoms with Gasteiger partial charge in [0.1, 0.15) is 0 Å². The molecule has 0 aromatic heterocycles. The average molecular weight is 264 g/mol. The maximum Gasteiger partial charge on any atom is 0.0141 e. The van der Waals surface area contributed by atoms with Crippen molar-refractivity contribution in [2.24, 2.45) is 23.2 Å². The Kier molecular flexibility index (Phi) is 1.79. The zero-order valence-corrected chi connectivity index (χ0v) is 9.76. The maximum absolute atomic E-state index is 2.65. The van der Waals surface area contributed by atoms with Crippen molar-refractivity contribution < 1.29 is 0 Å². The maximum atomic E-state index is 2.65. The SMILES string of the molecule is C[C@H]1[C@H](I)C[C@@H]2C[C@H]1C2(C)C. The van der Waals surface area contributed by atoms with Crippen LogP contribution in [-0.4, -0.2) is 3.92 Å². The standard InChI is InChI=1S/C10H17I/c1-6-8-4-7(5-9(6)11)10(8,2)3/h6-9H,4-5H2,1-3H3/t6-,7+,8-,9-/m1/s1. The third kappa shape index (κ3) is 0.991. The van der Waals surface area contributed by atoms with Gasteiger partial charge in [-0.3, -0.25) is 0 Å². The Labute approximate surface area is 83.3 Å². The molecule has 0 aromatic rings. The summed E-state index contributed by atoms with van der Waals surface area (Å²) in [5.74, 6) is 3.05. The van der Waals surface area contributed by atoms with E-state index >= 15 is 0 Å². The minimum atomic E-state index is 0.682. The molecule has 3 rings (SSSR count). The number of hydrogen-bond donors (Lipinski definition) is 0. The van der Waals surface area contributed by atoms with Gasteiger partial charge in [0.2, 0.25) is 0 Å². The largest absolute Gasteiger partial charge is 0.0823 e. The van der Waals surface area contributed by atoms with Crippen molar-refractivity contribution in [1.29, 1.82) is 0 Å². The van der Waals surface area contributed by atoms with Crippen molar-refractivity contribution in [2.45, 2.75) is 37.5 Å². The second-order valence-electron chi connectivity index (χ2n) is 4.97. The summed E-state index contributed by atoms with van der Waals surface area (Å²) in [7, 11) is 0. The van der Waals surface area contributed by atoms with Gasteiger partial charge in [-0.2, -0.15) is 0 Å². The molecule has 0 amide bonds. The Morgan fingerprint density at radius 1 is 1.27 bits per heavy atom. The van der Waals surface area contributed by atoms with Crippen LogP contribution in [0.5, 0.6) is 0 Å². The highest BCUT2D eigenvalue weighted by Gasteiger charge is 2.55. The lowest BCUT2D eigenvalue weighted by atomic mass is 9.46. The first-order valence-corrected chi connectivity index (χ1v) is 5.92. The molecule has 0 aromatic carbocycles. The first-order valence-electron chi connectivity index (χ1n) is 4.67. The molecule has 0 saturated heterocycles. The predicted octanol–water partition coefficient (Wildman–Crippen LogP) is 3.49. The van der Waals surface area contributed by atoms with Crippen LogP contribution in [0.3, 0.4) is 0 Å². The van der Waals surface area contributed by atoms with E-state index in [2.05, 4.69) is 43.4 Å². The fourth-order valence-corrected chi connectivity index (χ4v) is 4.20. The van der Waals surface area contributed by atoms with E-state index in [9.17, 15) is 0 Å². The van der Waals surface area contributed by atoms with E-state index < -0.39 is 0 Å². The van der Waals surface area contributed by atoms with Gasteiger partial charge >= 0.3 is 0 Å². The van der Waals surface area contributed by atoms with E-state index in [1.807, 2.05) is 0 Å². The molecule has 0 heterocycles. The van der Waals surface area contributed by atoms with Crippen LogP contribution in [-0.2, 0) is 0 Å². The number of halogens is 1. The summed E-state index contributed by atoms with van der Waals surface area (Å²) < 4.78 is 0.962. The highest BCUT2D eigenvalue weighted by atomic mass is 127. The summed E-state index contributed by atoms with van der Waals surface area (Å²) in [4.78, 5) is 0. The molecule has 0 nitrogen and oxygen atoms in total. The van der Waals surface area contributed by atoms with Gasteiger partial charge in [-0.05, 0) is 36.0 Å². The first kappa shape index (κ1) is 8.33. The molecular formula is C10H17I. The molecule has 64 valence electrons. The molecule has 1 heteroatoms. The molecule has 0 radical (unpaired) electrons. The number of fused-ring (bicyclic) bond motifs is 2. The summed E-state index contributed by atoms with van der Waals surface area (Å²) in [5.41, 5.74) is 0.682. The highest BCUT2D eigenvalue weighted by molar-refractivity contribution is 14.1. The Bertz CT molecular complexity index is 174. The van der Waals surface area contributed by atoms with Crippen LogP contribution < -0.4 is 0 Å². The Morgan fingerprint density at radius 3 is 2.27 bits per heavy atom. The van der Waals surface area contributed by atoms with Crippen LogP contribution in [0.15, 0.2) is 0 Å². The molecule has 4 atom stereocenters. The van der Waals surface area contributed by atoms with Gasteiger partial charge in [0.25, 0.3) is 0 Å². The molecule has 11 heavy (non-hydrogen) atoms. The summed E-state index contributed by atoms with van der Waals surface area (Å²) in [6, 6.07) is 0. The van der Waals surface area contributed by atoms with Crippen molar-refractivity contribution in [3.63, 3.8) is 0 Å². The normalized spacial score (nSPS) is 53.5. The molecule has 3 aliphatic rings. The fourth-order valence-electron chi connectivity index (χ4n) is 3.09. The minimum Gasteiger partial charge on any atom is -0.0823 e. The lowest BCUT2D eigenvalue weighted by Gasteiger charge is -2.61. The number of hydrogen-bond acceptors (Lipinski definition) is 0. The second-order valence-corrected chi connectivity index (χ2v) is 6.57. The molecule has 2 bridgehead atoms. The van der Waals surface area contributed by atoms with Crippen LogP contribution >= 0.6 is 22.6 Å². The Morgan fingerprint density at radius 2 is 1.91 bits per heavy atom. The molecule has 0 unspecified atom stereocenters. The minimum absolute atomic E-state index is 0.682. The van der Waals surface area contributed by atoms with E-state index in [4.69, 9.17) is 0 Å². The van der Waals surface area contributed by atoms with Gasteiger partial charge < -0.3 is 0 Å². The Balaban J connectivity index is 2.17. The van der Waals surface area contributed by atoms with Crippen LogP contribution in [0.25, 0.3) is 0 Å². The second kappa shape index (κ2) is 2.36. The monoisotopic (exact) mass is 264 g/mol. The molecule has 3 fully saturated rings. The number of alkyl halides is 1. The first-order chi connectivity index (χ1) is 5.03. The summed E-state index contributed by atoms with van der Waals surface area (Å²) in [6.45, 7) is 7.37. The Hall–Kier alpha value is 0.730. The quantitative estimate of drug-likeness (QED) is 0.464. The van der Waals surface area contributed by atoms with Crippen molar-refractivity contribution in [3.8, 4) is 0 Å².